The van der Waals surface area contributed by atoms with E-state index in [9.17, 15) is 17.6 Å². The first-order valence-electron chi connectivity index (χ1n) is 5.70. The van der Waals surface area contributed by atoms with E-state index in [1.54, 1.807) is 6.07 Å². The number of nitrogens with zero attached hydrogens (tertiary/aromatic N) is 1. The van der Waals surface area contributed by atoms with Crippen LogP contribution < -0.4 is 5.73 Å². The average Bonchev–Trinajstić information content (AvgIpc) is 3.04. The lowest BCUT2D eigenvalue weighted by Crippen LogP contribution is -2.35. The molecule has 0 atom stereocenters. The van der Waals surface area contributed by atoms with Crippen LogP contribution in [0.1, 0.15) is 18.4 Å². The number of rotatable bonds is 4. The third-order valence-electron chi connectivity index (χ3n) is 2.90. The monoisotopic (exact) mass is 262 g/mol. The molecule has 0 spiro atoms. The molecule has 2 rings (SSSR count). The zero-order chi connectivity index (χ0) is 13.3. The summed E-state index contributed by atoms with van der Waals surface area (Å²) in [6.45, 7) is -0.856. The number of alkyl halides is 3. The normalized spacial score (nSPS) is 16.3. The molecule has 1 saturated carbocycles. The van der Waals surface area contributed by atoms with Crippen LogP contribution in [-0.4, -0.2) is 23.7 Å². The number of nitrogens with two attached hydrogens (primary N) is 1. The molecule has 0 aliphatic heterocycles. The Bertz CT molecular complexity index is 427. The summed E-state index contributed by atoms with van der Waals surface area (Å²) in [5, 5.41) is 0. The topological polar surface area (TPSA) is 29.3 Å². The van der Waals surface area contributed by atoms with E-state index >= 15 is 0 Å². The van der Waals surface area contributed by atoms with Crippen LogP contribution in [0, 0.1) is 5.82 Å². The standard InChI is InChI=1S/C12H14F4N2/c13-10-5-8(1-4-11(10)17)6-18(9-2-3-9)7-12(14,15)16/h1,4-5,9H,2-3,6-7,17H2. The molecule has 18 heavy (non-hydrogen) atoms. The summed E-state index contributed by atoms with van der Waals surface area (Å²) in [5.74, 6) is -0.588. The Kier molecular flexibility index (Phi) is 3.47. The second-order valence-electron chi connectivity index (χ2n) is 4.61. The Hall–Kier alpha value is -1.30. The van der Waals surface area contributed by atoms with Gasteiger partial charge in [-0.2, -0.15) is 13.2 Å². The average molecular weight is 262 g/mol. The number of halogens is 4. The van der Waals surface area contributed by atoms with Gasteiger partial charge in [0.2, 0.25) is 0 Å². The first kappa shape index (κ1) is 13.1. The summed E-state index contributed by atoms with van der Waals surface area (Å²) in [4.78, 5) is 1.34. The van der Waals surface area contributed by atoms with Gasteiger partial charge >= 0.3 is 6.18 Å². The minimum atomic E-state index is -4.23. The maximum Gasteiger partial charge on any atom is 0.401 e. The Labute approximate surface area is 102 Å². The zero-order valence-electron chi connectivity index (χ0n) is 9.67. The fourth-order valence-corrected chi connectivity index (χ4v) is 1.89. The largest absolute Gasteiger partial charge is 0.401 e. The van der Waals surface area contributed by atoms with Gasteiger partial charge in [0.25, 0.3) is 0 Å². The second-order valence-corrected chi connectivity index (χ2v) is 4.61. The number of nitrogen functional groups attached to an aromatic ring is 1. The summed E-state index contributed by atoms with van der Waals surface area (Å²) >= 11 is 0. The molecule has 0 bridgehead atoms. The van der Waals surface area contributed by atoms with Crippen molar-refractivity contribution in [3.8, 4) is 0 Å². The SMILES string of the molecule is Nc1ccc(CN(CC(F)(F)F)C2CC2)cc1F. The molecule has 0 unspecified atom stereocenters. The molecule has 100 valence electrons. The number of hydrogen-bond donors (Lipinski definition) is 1. The van der Waals surface area contributed by atoms with Gasteiger partial charge in [-0.05, 0) is 30.5 Å². The molecule has 2 N–H and O–H groups in total. The Balaban J connectivity index is 2.06. The number of anilines is 1. The molecule has 1 aliphatic carbocycles. The van der Waals surface area contributed by atoms with Crippen molar-refractivity contribution in [3.05, 3.63) is 29.6 Å². The molecule has 0 amide bonds. The lowest BCUT2D eigenvalue weighted by molar-refractivity contribution is -0.148. The highest BCUT2D eigenvalue weighted by atomic mass is 19.4. The molecule has 0 saturated heterocycles. The molecule has 2 nitrogen and oxygen atoms in total. The van der Waals surface area contributed by atoms with Crippen molar-refractivity contribution in [1.82, 2.24) is 4.90 Å². The van der Waals surface area contributed by atoms with E-state index in [2.05, 4.69) is 0 Å². The van der Waals surface area contributed by atoms with Crippen LogP contribution in [0.3, 0.4) is 0 Å². The van der Waals surface area contributed by atoms with Crippen molar-refractivity contribution < 1.29 is 17.6 Å². The minimum absolute atomic E-state index is 0.00698. The third kappa shape index (κ3) is 3.60. The lowest BCUT2D eigenvalue weighted by atomic mass is 10.2. The van der Waals surface area contributed by atoms with E-state index < -0.39 is 18.5 Å². The van der Waals surface area contributed by atoms with Crippen molar-refractivity contribution in [2.24, 2.45) is 0 Å². The van der Waals surface area contributed by atoms with E-state index in [0.717, 1.165) is 12.8 Å². The van der Waals surface area contributed by atoms with Gasteiger partial charge in [0.1, 0.15) is 5.82 Å². The molecule has 1 aromatic carbocycles. The number of hydrogen-bond acceptors (Lipinski definition) is 2. The first-order chi connectivity index (χ1) is 8.35. The predicted molar refractivity (Wildman–Crippen MR) is 60.3 cm³/mol. The highest BCUT2D eigenvalue weighted by Gasteiger charge is 2.37. The van der Waals surface area contributed by atoms with Gasteiger partial charge in [-0.3, -0.25) is 4.90 Å². The molecule has 0 aromatic heterocycles. The van der Waals surface area contributed by atoms with Crippen molar-refractivity contribution in [1.29, 1.82) is 0 Å². The van der Waals surface area contributed by atoms with Crippen LogP contribution in [0.25, 0.3) is 0 Å². The second kappa shape index (κ2) is 4.76. The summed E-state index contributed by atoms with van der Waals surface area (Å²) in [7, 11) is 0. The molecular weight excluding hydrogens is 248 g/mol. The van der Waals surface area contributed by atoms with Crippen molar-refractivity contribution >= 4 is 5.69 Å². The van der Waals surface area contributed by atoms with Gasteiger partial charge in [0.15, 0.2) is 0 Å². The fraction of sp³-hybridized carbons (Fsp3) is 0.500. The molecule has 0 heterocycles. The van der Waals surface area contributed by atoms with E-state index in [1.807, 2.05) is 0 Å². The highest BCUT2D eigenvalue weighted by molar-refractivity contribution is 5.41. The number of benzene rings is 1. The van der Waals surface area contributed by atoms with E-state index in [-0.39, 0.29) is 18.3 Å². The molecule has 1 fully saturated rings. The lowest BCUT2D eigenvalue weighted by Gasteiger charge is -2.23. The smallest absolute Gasteiger partial charge is 0.396 e. The molecule has 6 heteroatoms. The maximum atomic E-state index is 13.2. The van der Waals surface area contributed by atoms with Gasteiger partial charge in [-0.15, -0.1) is 0 Å². The van der Waals surface area contributed by atoms with Crippen LogP contribution in [0.15, 0.2) is 18.2 Å². The predicted octanol–water partition coefficient (Wildman–Crippen LogP) is 2.93. The van der Waals surface area contributed by atoms with Crippen LogP contribution in [-0.2, 0) is 6.54 Å². The molecular formula is C12H14F4N2. The molecule has 1 aromatic rings. The summed E-state index contributed by atoms with van der Waals surface area (Å²) in [5.41, 5.74) is 5.84. The van der Waals surface area contributed by atoms with Crippen molar-refractivity contribution in [3.63, 3.8) is 0 Å². The maximum absolute atomic E-state index is 13.2. The Morgan fingerprint density at radius 2 is 1.94 bits per heavy atom. The van der Waals surface area contributed by atoms with Crippen molar-refractivity contribution in [2.45, 2.75) is 31.6 Å². The zero-order valence-corrected chi connectivity index (χ0v) is 9.67. The fourth-order valence-electron chi connectivity index (χ4n) is 1.89. The first-order valence-corrected chi connectivity index (χ1v) is 5.70. The molecule has 1 aliphatic rings. The van der Waals surface area contributed by atoms with E-state index in [4.69, 9.17) is 5.73 Å². The summed E-state index contributed by atoms with van der Waals surface area (Å²) in [6.07, 6.45) is -2.68. The quantitative estimate of drug-likeness (QED) is 0.667. The van der Waals surface area contributed by atoms with Crippen LogP contribution >= 0.6 is 0 Å². The van der Waals surface area contributed by atoms with Gasteiger partial charge in [0, 0.05) is 12.6 Å². The summed E-state index contributed by atoms with van der Waals surface area (Å²) < 4.78 is 50.4. The highest BCUT2D eigenvalue weighted by Crippen LogP contribution is 2.31. The summed E-state index contributed by atoms with van der Waals surface area (Å²) in [6, 6.07) is 4.10. The van der Waals surface area contributed by atoms with Gasteiger partial charge < -0.3 is 5.73 Å². The van der Waals surface area contributed by atoms with Crippen molar-refractivity contribution in [2.75, 3.05) is 12.3 Å². The minimum Gasteiger partial charge on any atom is -0.396 e. The van der Waals surface area contributed by atoms with Crippen LogP contribution in [0.4, 0.5) is 23.2 Å². The molecule has 0 radical (unpaired) electrons. The Morgan fingerprint density at radius 1 is 1.28 bits per heavy atom. The van der Waals surface area contributed by atoms with E-state index in [1.165, 1.54) is 17.0 Å². The van der Waals surface area contributed by atoms with E-state index in [0.29, 0.717) is 5.56 Å². The van der Waals surface area contributed by atoms with Gasteiger partial charge in [-0.1, -0.05) is 6.07 Å². The third-order valence-corrected chi connectivity index (χ3v) is 2.90. The van der Waals surface area contributed by atoms with Gasteiger partial charge in [0.05, 0.1) is 12.2 Å². The van der Waals surface area contributed by atoms with Gasteiger partial charge in [-0.25, -0.2) is 4.39 Å². The van der Waals surface area contributed by atoms with Crippen LogP contribution in [0.5, 0.6) is 0 Å². The Morgan fingerprint density at radius 3 is 2.44 bits per heavy atom. The van der Waals surface area contributed by atoms with Crippen LogP contribution in [0.2, 0.25) is 0 Å².